The van der Waals surface area contributed by atoms with Gasteiger partial charge in [0.25, 0.3) is 0 Å². The Morgan fingerprint density at radius 3 is 2.04 bits per heavy atom. The Labute approximate surface area is 145 Å². The first kappa shape index (κ1) is 18.5. The molecule has 0 aliphatic carbocycles. The number of hydrogen-bond donors (Lipinski definition) is 1. The van der Waals surface area contributed by atoms with Crippen molar-refractivity contribution in [2.24, 2.45) is 0 Å². The smallest absolute Gasteiger partial charge is 0.335 e. The van der Waals surface area contributed by atoms with Crippen molar-refractivity contribution in [3.8, 4) is 0 Å². The minimum Gasteiger partial charge on any atom is -0.478 e. The van der Waals surface area contributed by atoms with Crippen molar-refractivity contribution in [2.75, 3.05) is 0 Å². The second kappa shape index (κ2) is 10.1. The predicted molar refractivity (Wildman–Crippen MR) is 102 cm³/mol. The van der Waals surface area contributed by atoms with Crippen molar-refractivity contribution < 1.29 is 9.90 Å². The van der Waals surface area contributed by atoms with Crippen molar-refractivity contribution in [3.05, 3.63) is 47.5 Å². The van der Waals surface area contributed by atoms with E-state index in [1.54, 1.807) is 12.1 Å². The minimum absolute atomic E-state index is 0.356. The summed E-state index contributed by atoms with van der Waals surface area (Å²) >= 11 is 0. The lowest BCUT2D eigenvalue weighted by Crippen LogP contribution is -1.95. The topological polar surface area (TPSA) is 37.3 Å². The van der Waals surface area contributed by atoms with E-state index in [-0.39, 0.29) is 0 Å². The summed E-state index contributed by atoms with van der Waals surface area (Å²) in [6.45, 7) is 2.26. The van der Waals surface area contributed by atoms with Crippen LogP contribution in [0.15, 0.2) is 36.4 Å². The van der Waals surface area contributed by atoms with Crippen LogP contribution in [-0.4, -0.2) is 11.1 Å². The van der Waals surface area contributed by atoms with Gasteiger partial charge in [0.15, 0.2) is 0 Å². The number of unbranched alkanes of at least 4 members (excludes halogenated alkanes) is 8. The lowest BCUT2D eigenvalue weighted by atomic mass is 10.00. The zero-order chi connectivity index (χ0) is 17.2. The van der Waals surface area contributed by atoms with Gasteiger partial charge in [-0.1, -0.05) is 82.6 Å². The second-order valence-corrected chi connectivity index (χ2v) is 6.78. The first-order valence-electron chi connectivity index (χ1n) is 9.46. The van der Waals surface area contributed by atoms with Gasteiger partial charge in [0.05, 0.1) is 5.56 Å². The average molecular weight is 326 g/mol. The molecule has 2 aromatic carbocycles. The Morgan fingerprint density at radius 2 is 1.38 bits per heavy atom. The van der Waals surface area contributed by atoms with E-state index in [0.717, 1.165) is 17.2 Å². The van der Waals surface area contributed by atoms with Crippen molar-refractivity contribution in [1.82, 2.24) is 0 Å². The summed E-state index contributed by atoms with van der Waals surface area (Å²) in [5.41, 5.74) is 1.71. The van der Waals surface area contributed by atoms with Gasteiger partial charge in [-0.25, -0.2) is 4.79 Å². The number of benzene rings is 2. The summed E-state index contributed by atoms with van der Waals surface area (Å²) in [4.78, 5) is 11.0. The number of aromatic carboxylic acids is 1. The molecule has 0 bridgehead atoms. The molecule has 0 unspecified atom stereocenters. The van der Waals surface area contributed by atoms with Gasteiger partial charge < -0.3 is 5.11 Å². The summed E-state index contributed by atoms with van der Waals surface area (Å²) in [7, 11) is 0. The highest BCUT2D eigenvalue weighted by atomic mass is 16.4. The van der Waals surface area contributed by atoms with Gasteiger partial charge in [0, 0.05) is 0 Å². The van der Waals surface area contributed by atoms with Gasteiger partial charge in [0.1, 0.15) is 0 Å². The molecule has 2 nitrogen and oxygen atoms in total. The van der Waals surface area contributed by atoms with Gasteiger partial charge in [-0.2, -0.15) is 0 Å². The molecule has 24 heavy (non-hydrogen) atoms. The number of fused-ring (bicyclic) bond motifs is 1. The van der Waals surface area contributed by atoms with Crippen LogP contribution in [0.5, 0.6) is 0 Å². The van der Waals surface area contributed by atoms with Crippen LogP contribution in [-0.2, 0) is 6.42 Å². The lowest BCUT2D eigenvalue weighted by Gasteiger charge is -2.05. The zero-order valence-corrected chi connectivity index (χ0v) is 14.9. The summed E-state index contributed by atoms with van der Waals surface area (Å²) < 4.78 is 0. The molecular formula is C22H30O2. The average Bonchev–Trinajstić information content (AvgIpc) is 2.59. The third kappa shape index (κ3) is 5.99. The summed E-state index contributed by atoms with van der Waals surface area (Å²) in [6, 6.07) is 11.7. The fourth-order valence-corrected chi connectivity index (χ4v) is 3.22. The Hall–Kier alpha value is -1.83. The molecule has 0 spiro atoms. The van der Waals surface area contributed by atoms with E-state index >= 15 is 0 Å². The van der Waals surface area contributed by atoms with Crippen LogP contribution < -0.4 is 0 Å². The molecule has 0 aliphatic rings. The fraction of sp³-hybridized carbons (Fsp3) is 0.500. The van der Waals surface area contributed by atoms with Crippen molar-refractivity contribution in [3.63, 3.8) is 0 Å². The van der Waals surface area contributed by atoms with E-state index in [0.29, 0.717) is 5.56 Å². The maximum atomic E-state index is 11.0. The molecule has 2 heteroatoms. The van der Waals surface area contributed by atoms with Gasteiger partial charge >= 0.3 is 5.97 Å². The molecule has 0 amide bonds. The first-order chi connectivity index (χ1) is 11.7. The van der Waals surface area contributed by atoms with Crippen molar-refractivity contribution >= 4 is 16.7 Å². The third-order valence-electron chi connectivity index (χ3n) is 4.72. The summed E-state index contributed by atoms with van der Waals surface area (Å²) in [6.07, 6.45) is 13.3. The van der Waals surface area contributed by atoms with Crippen LogP contribution in [0, 0.1) is 0 Å². The van der Waals surface area contributed by atoms with Gasteiger partial charge in [-0.15, -0.1) is 0 Å². The molecule has 0 atom stereocenters. The number of carbonyl (C=O) groups is 1. The normalized spacial score (nSPS) is 11.0. The molecule has 0 radical (unpaired) electrons. The molecule has 0 saturated carbocycles. The van der Waals surface area contributed by atoms with Crippen molar-refractivity contribution in [1.29, 1.82) is 0 Å². The number of carboxylic acids is 1. The molecule has 2 aromatic rings. The van der Waals surface area contributed by atoms with E-state index in [2.05, 4.69) is 19.1 Å². The molecular weight excluding hydrogens is 296 g/mol. The first-order valence-corrected chi connectivity index (χ1v) is 9.46. The summed E-state index contributed by atoms with van der Waals surface area (Å²) in [5.74, 6) is -0.865. The monoisotopic (exact) mass is 326 g/mol. The minimum atomic E-state index is -0.865. The van der Waals surface area contributed by atoms with Crippen LogP contribution in [0.4, 0.5) is 0 Å². The number of aryl methyl sites for hydroxylation is 1. The van der Waals surface area contributed by atoms with Crippen LogP contribution in [0.2, 0.25) is 0 Å². The molecule has 0 aliphatic heterocycles. The zero-order valence-electron chi connectivity index (χ0n) is 14.9. The third-order valence-corrected chi connectivity index (χ3v) is 4.72. The Bertz CT molecular complexity index is 645. The summed E-state index contributed by atoms with van der Waals surface area (Å²) in [5, 5.41) is 11.2. The Kier molecular flexibility index (Phi) is 7.81. The maximum absolute atomic E-state index is 11.0. The van der Waals surface area contributed by atoms with Crippen molar-refractivity contribution in [2.45, 2.75) is 71.1 Å². The van der Waals surface area contributed by atoms with E-state index < -0.39 is 5.97 Å². The van der Waals surface area contributed by atoms with Crippen LogP contribution >= 0.6 is 0 Å². The molecule has 2 rings (SSSR count). The quantitative estimate of drug-likeness (QED) is 0.472. The number of hydrogen-bond acceptors (Lipinski definition) is 1. The fourth-order valence-electron chi connectivity index (χ4n) is 3.22. The van der Waals surface area contributed by atoms with Gasteiger partial charge in [-0.3, -0.25) is 0 Å². The van der Waals surface area contributed by atoms with Crippen LogP contribution in [0.1, 0.15) is 80.6 Å². The Balaban J connectivity index is 1.71. The van der Waals surface area contributed by atoms with Gasteiger partial charge in [0.2, 0.25) is 0 Å². The highest BCUT2D eigenvalue weighted by Crippen LogP contribution is 2.20. The number of carboxylic acid groups (broad SMARTS) is 1. The molecule has 0 fully saturated rings. The van der Waals surface area contributed by atoms with Crippen LogP contribution in [0.3, 0.4) is 0 Å². The van der Waals surface area contributed by atoms with Crippen LogP contribution in [0.25, 0.3) is 10.8 Å². The molecule has 130 valence electrons. The van der Waals surface area contributed by atoms with Gasteiger partial charge in [-0.05, 0) is 41.3 Å². The second-order valence-electron chi connectivity index (χ2n) is 6.78. The highest BCUT2D eigenvalue weighted by molar-refractivity contribution is 5.94. The van der Waals surface area contributed by atoms with E-state index in [1.165, 1.54) is 63.4 Å². The SMILES string of the molecule is CCCCCCCCCCCc1ccc2cc(C(=O)O)ccc2c1. The predicted octanol–water partition coefficient (Wildman–Crippen LogP) is 6.61. The Morgan fingerprint density at radius 1 is 0.792 bits per heavy atom. The largest absolute Gasteiger partial charge is 0.478 e. The van der Waals surface area contributed by atoms with E-state index in [4.69, 9.17) is 5.11 Å². The number of rotatable bonds is 11. The van der Waals surface area contributed by atoms with E-state index in [9.17, 15) is 4.79 Å². The maximum Gasteiger partial charge on any atom is 0.335 e. The molecule has 0 saturated heterocycles. The van der Waals surface area contributed by atoms with E-state index in [1.807, 2.05) is 12.1 Å². The standard InChI is InChI=1S/C22H30O2/c1-2-3-4-5-6-7-8-9-10-11-18-12-13-20-17-21(22(23)24)15-14-19(20)16-18/h12-17H,2-11H2,1H3,(H,23,24). The highest BCUT2D eigenvalue weighted by Gasteiger charge is 2.04. The molecule has 0 heterocycles. The molecule has 0 aromatic heterocycles. The molecule has 1 N–H and O–H groups in total. The lowest BCUT2D eigenvalue weighted by molar-refractivity contribution is 0.0697.